The third kappa shape index (κ3) is 3.72. The Bertz CT molecular complexity index is 772. The van der Waals surface area contributed by atoms with Crippen LogP contribution in [0.3, 0.4) is 0 Å². The van der Waals surface area contributed by atoms with Crippen molar-refractivity contribution < 1.29 is 18.8 Å². The number of hydrogen-bond acceptors (Lipinski definition) is 6. The number of hydrogen-bond donors (Lipinski definition) is 0. The molecule has 2 fully saturated rings. The summed E-state index contributed by atoms with van der Waals surface area (Å²) in [5.41, 5.74) is 0.586. The second-order valence-electron chi connectivity index (χ2n) is 6.85. The fraction of sp³-hybridized carbons (Fsp3) is 0.526. The van der Waals surface area contributed by atoms with Crippen LogP contribution in [-0.4, -0.2) is 47.3 Å². The number of nitrogens with zero attached hydrogens (tertiary/aromatic N) is 3. The van der Waals surface area contributed by atoms with Crippen molar-refractivity contribution in [2.45, 2.75) is 44.3 Å². The minimum absolute atomic E-state index is 0.0219. The number of para-hydroxylation sites is 1. The highest BCUT2D eigenvalue weighted by atomic mass is 16.5. The molecule has 7 nitrogen and oxygen atoms in total. The van der Waals surface area contributed by atoms with Crippen LogP contribution in [0.4, 0.5) is 0 Å². The van der Waals surface area contributed by atoms with Crippen LogP contribution in [0.5, 0.6) is 5.75 Å². The van der Waals surface area contributed by atoms with Crippen molar-refractivity contribution in [2.75, 3.05) is 20.2 Å². The van der Waals surface area contributed by atoms with Crippen molar-refractivity contribution >= 4 is 5.91 Å². The van der Waals surface area contributed by atoms with Gasteiger partial charge in [0, 0.05) is 19.0 Å². The van der Waals surface area contributed by atoms with E-state index in [1.165, 1.54) is 0 Å². The molecule has 2 aliphatic rings. The van der Waals surface area contributed by atoms with Gasteiger partial charge in [-0.2, -0.15) is 4.98 Å². The molecule has 4 rings (SSSR count). The molecule has 26 heavy (non-hydrogen) atoms. The summed E-state index contributed by atoms with van der Waals surface area (Å²) in [7, 11) is 1.58. The molecule has 7 heteroatoms. The highest BCUT2D eigenvalue weighted by Gasteiger charge is 2.30. The Morgan fingerprint density at radius 3 is 2.96 bits per heavy atom. The number of ether oxygens (including phenoxy) is 2. The molecule has 1 saturated carbocycles. The maximum absolute atomic E-state index is 12.8. The average Bonchev–Trinajstić information content (AvgIpc) is 3.44. The standard InChI is InChI=1S/C19H23N3O4/c1-24-16-7-3-2-6-15(16)19(23)22-10-4-5-14(11-22)25-12-17-20-18(26-21-17)13-8-9-13/h2-3,6-7,13-14H,4-5,8-12H2,1H3. The quantitative estimate of drug-likeness (QED) is 0.791. The molecule has 1 unspecified atom stereocenters. The number of amides is 1. The monoisotopic (exact) mass is 357 g/mol. The van der Waals surface area contributed by atoms with Gasteiger partial charge in [0.2, 0.25) is 5.89 Å². The van der Waals surface area contributed by atoms with Crippen LogP contribution >= 0.6 is 0 Å². The van der Waals surface area contributed by atoms with E-state index in [9.17, 15) is 4.79 Å². The molecule has 1 atom stereocenters. The molecule has 1 aliphatic carbocycles. The molecule has 2 aromatic rings. The summed E-state index contributed by atoms with van der Waals surface area (Å²) in [6.07, 6.45) is 4.06. The van der Waals surface area contributed by atoms with Crippen molar-refractivity contribution in [3.05, 3.63) is 41.5 Å². The van der Waals surface area contributed by atoms with Gasteiger partial charge in [-0.1, -0.05) is 17.3 Å². The molecule has 0 spiro atoms. The minimum Gasteiger partial charge on any atom is -0.496 e. The smallest absolute Gasteiger partial charge is 0.257 e. The normalized spacial score (nSPS) is 20.2. The average molecular weight is 357 g/mol. The Balaban J connectivity index is 1.35. The zero-order valence-corrected chi connectivity index (χ0v) is 14.9. The fourth-order valence-electron chi connectivity index (χ4n) is 3.26. The Morgan fingerprint density at radius 2 is 2.15 bits per heavy atom. The predicted octanol–water partition coefficient (Wildman–Crippen LogP) is 2.78. The first-order chi connectivity index (χ1) is 12.7. The summed E-state index contributed by atoms with van der Waals surface area (Å²) >= 11 is 0. The summed E-state index contributed by atoms with van der Waals surface area (Å²) in [5.74, 6) is 2.33. The topological polar surface area (TPSA) is 77.7 Å². The first kappa shape index (κ1) is 17.0. The second kappa shape index (κ2) is 7.45. The molecule has 1 saturated heterocycles. The maximum atomic E-state index is 12.8. The van der Waals surface area contributed by atoms with Crippen LogP contribution in [0.15, 0.2) is 28.8 Å². The van der Waals surface area contributed by atoms with Crippen molar-refractivity contribution in [1.29, 1.82) is 0 Å². The second-order valence-corrected chi connectivity index (χ2v) is 6.85. The maximum Gasteiger partial charge on any atom is 0.257 e. The number of carbonyl (C=O) groups excluding carboxylic acids is 1. The van der Waals surface area contributed by atoms with Gasteiger partial charge in [0.15, 0.2) is 5.82 Å². The summed E-state index contributed by atoms with van der Waals surface area (Å²) in [6.45, 7) is 1.60. The van der Waals surface area contributed by atoms with Gasteiger partial charge in [0.05, 0.1) is 18.8 Å². The first-order valence-corrected chi connectivity index (χ1v) is 9.11. The van der Waals surface area contributed by atoms with Crippen LogP contribution in [0.25, 0.3) is 0 Å². The van der Waals surface area contributed by atoms with Crippen molar-refractivity contribution in [2.24, 2.45) is 0 Å². The summed E-state index contributed by atoms with van der Waals surface area (Å²) in [5, 5.41) is 3.98. The number of carbonyl (C=O) groups is 1. The molecule has 1 aliphatic heterocycles. The van der Waals surface area contributed by atoms with E-state index in [-0.39, 0.29) is 12.0 Å². The van der Waals surface area contributed by atoms with E-state index in [2.05, 4.69) is 10.1 Å². The largest absolute Gasteiger partial charge is 0.496 e. The lowest BCUT2D eigenvalue weighted by atomic mass is 10.1. The zero-order chi connectivity index (χ0) is 17.9. The van der Waals surface area contributed by atoms with Gasteiger partial charge in [-0.15, -0.1) is 0 Å². The molecule has 2 heterocycles. The lowest BCUT2D eigenvalue weighted by Crippen LogP contribution is -2.43. The number of aromatic nitrogens is 2. The Kier molecular flexibility index (Phi) is 4.88. The Labute approximate surface area is 152 Å². The molecule has 138 valence electrons. The molecule has 1 aromatic heterocycles. The van der Waals surface area contributed by atoms with E-state index < -0.39 is 0 Å². The minimum atomic E-state index is -0.0229. The molecule has 0 N–H and O–H groups in total. The van der Waals surface area contributed by atoms with E-state index in [0.717, 1.165) is 38.1 Å². The lowest BCUT2D eigenvalue weighted by Gasteiger charge is -2.32. The fourth-order valence-corrected chi connectivity index (χ4v) is 3.26. The van der Waals surface area contributed by atoms with Gasteiger partial charge < -0.3 is 18.9 Å². The molecule has 0 bridgehead atoms. The van der Waals surface area contributed by atoms with Gasteiger partial charge in [0.1, 0.15) is 12.4 Å². The number of piperidine rings is 1. The number of likely N-dealkylation sites (tertiary alicyclic amines) is 1. The van der Waals surface area contributed by atoms with Crippen LogP contribution < -0.4 is 4.74 Å². The Morgan fingerprint density at radius 1 is 1.31 bits per heavy atom. The molecular weight excluding hydrogens is 334 g/mol. The van der Waals surface area contributed by atoms with Gasteiger partial charge in [-0.05, 0) is 37.8 Å². The van der Waals surface area contributed by atoms with Crippen molar-refractivity contribution in [1.82, 2.24) is 15.0 Å². The molecular formula is C19H23N3O4. The SMILES string of the molecule is COc1ccccc1C(=O)N1CCCC(OCc2noc(C3CC3)n2)C1. The first-order valence-electron chi connectivity index (χ1n) is 9.11. The van der Waals surface area contributed by atoms with E-state index in [1.54, 1.807) is 19.2 Å². The van der Waals surface area contributed by atoms with E-state index in [1.807, 2.05) is 17.0 Å². The molecule has 0 radical (unpaired) electrons. The number of rotatable bonds is 6. The van der Waals surface area contributed by atoms with E-state index >= 15 is 0 Å². The third-order valence-corrected chi connectivity index (χ3v) is 4.86. The van der Waals surface area contributed by atoms with Crippen LogP contribution in [0, 0.1) is 0 Å². The van der Waals surface area contributed by atoms with Gasteiger partial charge >= 0.3 is 0 Å². The van der Waals surface area contributed by atoms with Gasteiger partial charge in [0.25, 0.3) is 5.91 Å². The van der Waals surface area contributed by atoms with Crippen LogP contribution in [0.1, 0.15) is 53.7 Å². The number of benzene rings is 1. The lowest BCUT2D eigenvalue weighted by molar-refractivity contribution is -0.00968. The number of methoxy groups -OCH3 is 1. The van der Waals surface area contributed by atoms with Gasteiger partial charge in [-0.25, -0.2) is 0 Å². The predicted molar refractivity (Wildman–Crippen MR) is 93.0 cm³/mol. The third-order valence-electron chi connectivity index (χ3n) is 4.86. The zero-order valence-electron chi connectivity index (χ0n) is 14.9. The summed E-state index contributed by atoms with van der Waals surface area (Å²) in [4.78, 5) is 19.0. The Hall–Kier alpha value is -2.41. The highest BCUT2D eigenvalue weighted by molar-refractivity contribution is 5.97. The molecule has 1 aromatic carbocycles. The summed E-state index contributed by atoms with van der Waals surface area (Å²) in [6, 6.07) is 7.31. The highest BCUT2D eigenvalue weighted by Crippen LogP contribution is 2.38. The van der Waals surface area contributed by atoms with Crippen LogP contribution in [-0.2, 0) is 11.3 Å². The van der Waals surface area contributed by atoms with E-state index in [4.69, 9.17) is 14.0 Å². The van der Waals surface area contributed by atoms with Crippen molar-refractivity contribution in [3.8, 4) is 5.75 Å². The van der Waals surface area contributed by atoms with E-state index in [0.29, 0.717) is 36.2 Å². The van der Waals surface area contributed by atoms with Crippen molar-refractivity contribution in [3.63, 3.8) is 0 Å². The van der Waals surface area contributed by atoms with Crippen LogP contribution in [0.2, 0.25) is 0 Å². The molecule has 1 amide bonds. The summed E-state index contributed by atoms with van der Waals surface area (Å²) < 4.78 is 16.5. The van der Waals surface area contributed by atoms with Gasteiger partial charge in [-0.3, -0.25) is 4.79 Å².